The highest BCUT2D eigenvalue weighted by atomic mass is 16.6. The summed E-state index contributed by atoms with van der Waals surface area (Å²) in [6.07, 6.45) is 0.530. The monoisotopic (exact) mass is 263 g/mol. The first-order chi connectivity index (χ1) is 9.11. The molecule has 98 valence electrons. The summed E-state index contributed by atoms with van der Waals surface area (Å²) in [6, 6.07) is 3.95. The maximum Gasteiger partial charge on any atom is 0.311 e. The molecule has 19 heavy (non-hydrogen) atoms. The number of nitrogens with zero attached hydrogens (tertiary/aromatic N) is 3. The topological polar surface area (TPSA) is 108 Å². The van der Waals surface area contributed by atoms with Crippen LogP contribution in [0.1, 0.15) is 21.7 Å². The summed E-state index contributed by atoms with van der Waals surface area (Å²) in [5.74, 6) is 0.0537. The van der Waals surface area contributed by atoms with Crippen LogP contribution in [0.5, 0.6) is 5.75 Å². The third kappa shape index (κ3) is 2.73. The van der Waals surface area contributed by atoms with Gasteiger partial charge >= 0.3 is 5.69 Å². The summed E-state index contributed by atoms with van der Waals surface area (Å²) in [5, 5.41) is 18.1. The molecule has 0 saturated carbocycles. The lowest BCUT2D eigenvalue weighted by atomic mass is 10.2. The molecule has 0 atom stereocenters. The lowest BCUT2D eigenvalue weighted by Gasteiger charge is -2.05. The smallest absolute Gasteiger partial charge is 0.311 e. The first-order valence-electron chi connectivity index (χ1n) is 5.26. The molecule has 1 aromatic heterocycles. The lowest BCUT2D eigenvalue weighted by molar-refractivity contribution is -0.386. The molecule has 0 N–H and O–H groups in total. The van der Waals surface area contributed by atoms with Crippen LogP contribution in [0.4, 0.5) is 5.69 Å². The second-order valence-electron chi connectivity index (χ2n) is 3.69. The molecule has 0 bridgehead atoms. The standard InChI is InChI=1S/C11H9N3O5/c1-7-9(13-19-12-7)6-18-11-3-2-8(5-15)4-10(11)14(16)17/h2-5H,6H2,1H3. The zero-order chi connectivity index (χ0) is 13.8. The number of hydrogen-bond donors (Lipinski definition) is 0. The first kappa shape index (κ1) is 12.7. The maximum atomic E-state index is 10.9. The highest BCUT2D eigenvalue weighted by molar-refractivity contribution is 5.77. The van der Waals surface area contributed by atoms with Gasteiger partial charge in [0.05, 0.1) is 4.92 Å². The van der Waals surface area contributed by atoms with E-state index >= 15 is 0 Å². The van der Waals surface area contributed by atoms with E-state index < -0.39 is 4.92 Å². The molecule has 2 aromatic rings. The third-order valence-electron chi connectivity index (χ3n) is 2.43. The van der Waals surface area contributed by atoms with E-state index in [1.54, 1.807) is 6.92 Å². The molecule has 1 aromatic carbocycles. The predicted octanol–water partition coefficient (Wildman–Crippen LogP) is 1.68. The number of benzene rings is 1. The highest BCUT2D eigenvalue weighted by Gasteiger charge is 2.17. The SMILES string of the molecule is Cc1nonc1COc1ccc(C=O)cc1[N+](=O)[O-]. The van der Waals surface area contributed by atoms with Gasteiger partial charge < -0.3 is 4.74 Å². The Morgan fingerprint density at radius 2 is 2.26 bits per heavy atom. The summed E-state index contributed by atoms with van der Waals surface area (Å²) in [7, 11) is 0. The number of ether oxygens (including phenoxy) is 1. The number of rotatable bonds is 5. The fourth-order valence-electron chi connectivity index (χ4n) is 1.40. The molecule has 0 fully saturated rings. The van der Waals surface area contributed by atoms with Crippen LogP contribution >= 0.6 is 0 Å². The summed E-state index contributed by atoms with van der Waals surface area (Å²) in [6.45, 7) is 1.68. The third-order valence-corrected chi connectivity index (χ3v) is 2.43. The Balaban J connectivity index is 2.22. The quantitative estimate of drug-likeness (QED) is 0.458. The van der Waals surface area contributed by atoms with E-state index in [0.717, 1.165) is 6.07 Å². The van der Waals surface area contributed by atoms with Crippen molar-refractivity contribution in [1.29, 1.82) is 0 Å². The van der Waals surface area contributed by atoms with E-state index in [0.29, 0.717) is 17.7 Å². The number of nitro groups is 1. The van der Waals surface area contributed by atoms with Gasteiger partial charge in [0.15, 0.2) is 5.75 Å². The van der Waals surface area contributed by atoms with Crippen LogP contribution in [0.25, 0.3) is 0 Å². The highest BCUT2D eigenvalue weighted by Crippen LogP contribution is 2.28. The number of carbonyl (C=O) groups excluding carboxylic acids is 1. The molecule has 0 aliphatic rings. The maximum absolute atomic E-state index is 10.9. The lowest BCUT2D eigenvalue weighted by Crippen LogP contribution is -2.01. The van der Waals surface area contributed by atoms with Crippen molar-refractivity contribution in [3.8, 4) is 5.75 Å². The summed E-state index contributed by atoms with van der Waals surface area (Å²) in [5.41, 5.74) is 0.929. The van der Waals surface area contributed by atoms with E-state index in [2.05, 4.69) is 14.9 Å². The van der Waals surface area contributed by atoms with Crippen LogP contribution in [-0.4, -0.2) is 21.5 Å². The molecule has 0 aliphatic heterocycles. The van der Waals surface area contributed by atoms with Crippen LogP contribution in [-0.2, 0) is 6.61 Å². The van der Waals surface area contributed by atoms with Crippen molar-refractivity contribution < 1.29 is 19.1 Å². The van der Waals surface area contributed by atoms with E-state index in [-0.39, 0.29) is 23.6 Å². The van der Waals surface area contributed by atoms with Gasteiger partial charge in [-0.25, -0.2) is 4.63 Å². The van der Waals surface area contributed by atoms with E-state index in [1.807, 2.05) is 0 Å². The minimum Gasteiger partial charge on any atom is -0.480 e. The number of aryl methyl sites for hydroxylation is 1. The second kappa shape index (κ2) is 5.25. The van der Waals surface area contributed by atoms with Gasteiger partial charge in [0, 0.05) is 11.6 Å². The Bertz CT molecular complexity index is 623. The second-order valence-corrected chi connectivity index (χ2v) is 3.69. The van der Waals surface area contributed by atoms with Crippen molar-refractivity contribution >= 4 is 12.0 Å². The van der Waals surface area contributed by atoms with Crippen LogP contribution < -0.4 is 4.74 Å². The number of carbonyl (C=O) groups is 1. The number of aldehydes is 1. The fraction of sp³-hybridized carbons (Fsp3) is 0.182. The van der Waals surface area contributed by atoms with Gasteiger partial charge in [0.25, 0.3) is 0 Å². The molecule has 0 amide bonds. The predicted molar refractivity (Wildman–Crippen MR) is 61.9 cm³/mol. The molecule has 8 nitrogen and oxygen atoms in total. The Morgan fingerprint density at radius 3 is 2.84 bits per heavy atom. The molecular formula is C11H9N3O5. The van der Waals surface area contributed by atoms with Gasteiger partial charge in [-0.1, -0.05) is 10.3 Å². The first-order valence-corrected chi connectivity index (χ1v) is 5.26. The molecule has 0 saturated heterocycles. The van der Waals surface area contributed by atoms with Crippen molar-refractivity contribution in [1.82, 2.24) is 10.3 Å². The molecule has 8 heteroatoms. The summed E-state index contributed by atoms with van der Waals surface area (Å²) < 4.78 is 9.79. The van der Waals surface area contributed by atoms with Crippen molar-refractivity contribution in [2.45, 2.75) is 13.5 Å². The molecular weight excluding hydrogens is 254 g/mol. The molecule has 0 spiro atoms. The van der Waals surface area contributed by atoms with Gasteiger partial charge in [-0.05, 0) is 19.1 Å². The Hall–Kier alpha value is -2.77. The molecule has 0 unspecified atom stereocenters. The van der Waals surface area contributed by atoms with E-state index in [4.69, 9.17) is 4.74 Å². The Morgan fingerprint density at radius 1 is 1.47 bits per heavy atom. The van der Waals surface area contributed by atoms with Gasteiger partial charge in [-0.2, -0.15) is 0 Å². The van der Waals surface area contributed by atoms with Crippen molar-refractivity contribution in [2.75, 3.05) is 0 Å². The average Bonchev–Trinajstić information content (AvgIpc) is 2.81. The molecule has 1 heterocycles. The van der Waals surface area contributed by atoms with Crippen molar-refractivity contribution in [3.05, 3.63) is 45.3 Å². The van der Waals surface area contributed by atoms with Gasteiger partial charge in [-0.15, -0.1) is 0 Å². The minimum absolute atomic E-state index is 0.00336. The van der Waals surface area contributed by atoms with Crippen molar-refractivity contribution in [2.24, 2.45) is 0 Å². The van der Waals surface area contributed by atoms with E-state index in [9.17, 15) is 14.9 Å². The molecule has 0 aliphatic carbocycles. The van der Waals surface area contributed by atoms with Crippen molar-refractivity contribution in [3.63, 3.8) is 0 Å². The largest absolute Gasteiger partial charge is 0.480 e. The molecule has 0 radical (unpaired) electrons. The number of hydrogen-bond acceptors (Lipinski definition) is 7. The van der Waals surface area contributed by atoms with Crippen LogP contribution in [0.2, 0.25) is 0 Å². The zero-order valence-electron chi connectivity index (χ0n) is 9.90. The zero-order valence-corrected chi connectivity index (χ0v) is 9.90. The summed E-state index contributed by atoms with van der Waals surface area (Å²) in [4.78, 5) is 20.9. The summed E-state index contributed by atoms with van der Waals surface area (Å²) >= 11 is 0. The average molecular weight is 263 g/mol. The fourth-order valence-corrected chi connectivity index (χ4v) is 1.40. The van der Waals surface area contributed by atoms with Crippen LogP contribution in [0.3, 0.4) is 0 Å². The number of aromatic nitrogens is 2. The van der Waals surface area contributed by atoms with Gasteiger partial charge in [0.1, 0.15) is 24.3 Å². The normalized spacial score (nSPS) is 10.2. The Kier molecular flexibility index (Phi) is 3.51. The molecule has 2 rings (SSSR count). The Labute approximate surface area is 107 Å². The van der Waals surface area contributed by atoms with E-state index in [1.165, 1.54) is 12.1 Å². The van der Waals surface area contributed by atoms with Gasteiger partial charge in [0.2, 0.25) is 0 Å². The number of nitro benzene ring substituents is 1. The minimum atomic E-state index is -0.615. The van der Waals surface area contributed by atoms with Crippen LogP contribution in [0.15, 0.2) is 22.8 Å². The van der Waals surface area contributed by atoms with Crippen LogP contribution in [0, 0.1) is 17.0 Å². The van der Waals surface area contributed by atoms with Gasteiger partial charge in [-0.3, -0.25) is 14.9 Å².